The number of thiophene rings is 1. The van der Waals surface area contributed by atoms with Crippen molar-refractivity contribution in [2.75, 3.05) is 0 Å². The van der Waals surface area contributed by atoms with E-state index in [2.05, 4.69) is 271 Å². The first-order valence-corrected chi connectivity index (χ1v) is 25.8. The molecule has 0 N–H and O–H groups in total. The molecule has 0 amide bonds. The maximum absolute atomic E-state index is 5.52. The smallest absolute Gasteiger partial charge is 0.164 e. The second-order valence-electron chi connectivity index (χ2n) is 18.8. The van der Waals surface area contributed by atoms with Crippen molar-refractivity contribution < 1.29 is 0 Å². The van der Waals surface area contributed by atoms with Crippen LogP contribution in [0.25, 0.3) is 137 Å². The summed E-state index contributed by atoms with van der Waals surface area (Å²) in [5.74, 6) is 1.83. The van der Waals surface area contributed by atoms with Gasteiger partial charge in [0, 0.05) is 53.3 Å². The molecular formula is C69H44N4S. The van der Waals surface area contributed by atoms with Crippen LogP contribution in [0.1, 0.15) is 0 Å². The highest BCUT2D eigenvalue weighted by molar-refractivity contribution is 7.26. The van der Waals surface area contributed by atoms with Gasteiger partial charge in [0.1, 0.15) is 0 Å². The standard InChI is InChI=1S/C69H44N4S/c1-6-19-45(20-7-1)51-37-52(46-21-8-2-9-22-46)40-55(39-51)67-70-68(56-41-53(47-23-10-3-11-24-47)38-54(42-56)48-25-12-4-13-26-48)72-69(71-67)59-30-18-32-65-66(59)61-44-50(34-36-64(61)74-65)49-33-35-63-60(43-49)58-29-16-17-31-62(58)73(63)57-27-14-5-15-28-57/h1-44H. The fourth-order valence-electron chi connectivity index (χ4n) is 10.7. The maximum Gasteiger partial charge on any atom is 0.164 e. The minimum Gasteiger partial charge on any atom is -0.309 e. The molecule has 0 saturated carbocycles. The number of benzene rings is 11. The van der Waals surface area contributed by atoms with E-state index in [0.717, 1.165) is 83.4 Å². The molecule has 0 spiro atoms. The van der Waals surface area contributed by atoms with Crippen LogP contribution in [0.2, 0.25) is 0 Å². The quantitative estimate of drug-likeness (QED) is 0.145. The van der Waals surface area contributed by atoms with Crippen molar-refractivity contribution in [3.05, 3.63) is 267 Å². The fraction of sp³-hybridized carbons (Fsp3) is 0. The molecule has 0 unspecified atom stereocenters. The van der Waals surface area contributed by atoms with Gasteiger partial charge in [0.05, 0.1) is 11.0 Å². The summed E-state index contributed by atoms with van der Waals surface area (Å²) >= 11 is 1.80. The van der Waals surface area contributed by atoms with Crippen LogP contribution in [-0.4, -0.2) is 19.5 Å². The lowest BCUT2D eigenvalue weighted by molar-refractivity contribution is 1.08. The highest BCUT2D eigenvalue weighted by Crippen LogP contribution is 2.43. The van der Waals surface area contributed by atoms with Gasteiger partial charge in [0.15, 0.2) is 17.5 Å². The number of rotatable bonds is 9. The lowest BCUT2D eigenvalue weighted by Crippen LogP contribution is -2.01. The van der Waals surface area contributed by atoms with E-state index >= 15 is 0 Å². The lowest BCUT2D eigenvalue weighted by atomic mass is 9.95. The molecular weight excluding hydrogens is 917 g/mol. The Hall–Kier alpha value is -9.55. The number of aromatic nitrogens is 4. The summed E-state index contributed by atoms with van der Waals surface area (Å²) in [4.78, 5) is 16.5. The first-order chi connectivity index (χ1) is 36.6. The van der Waals surface area contributed by atoms with Crippen molar-refractivity contribution in [2.24, 2.45) is 0 Å². The summed E-state index contributed by atoms with van der Waals surface area (Å²) in [5, 5.41) is 4.75. The van der Waals surface area contributed by atoms with Gasteiger partial charge in [-0.3, -0.25) is 0 Å². The van der Waals surface area contributed by atoms with Crippen LogP contribution < -0.4 is 0 Å². The summed E-state index contributed by atoms with van der Waals surface area (Å²) in [6.45, 7) is 0. The van der Waals surface area contributed by atoms with E-state index in [9.17, 15) is 0 Å². The molecule has 5 heteroatoms. The summed E-state index contributed by atoms with van der Waals surface area (Å²) < 4.78 is 4.75. The lowest BCUT2D eigenvalue weighted by Gasteiger charge is -2.14. The zero-order chi connectivity index (χ0) is 49.0. The maximum atomic E-state index is 5.52. The third-order valence-corrected chi connectivity index (χ3v) is 15.3. The van der Waals surface area contributed by atoms with Crippen molar-refractivity contribution in [1.82, 2.24) is 19.5 Å². The largest absolute Gasteiger partial charge is 0.309 e. The second kappa shape index (κ2) is 18.2. The molecule has 0 aliphatic heterocycles. The first-order valence-electron chi connectivity index (χ1n) is 25.0. The van der Waals surface area contributed by atoms with E-state index in [1.807, 2.05) is 0 Å². The third kappa shape index (κ3) is 7.84. The molecule has 14 rings (SSSR count). The monoisotopic (exact) mass is 960 g/mol. The van der Waals surface area contributed by atoms with Crippen LogP contribution in [0.15, 0.2) is 267 Å². The number of hydrogen-bond acceptors (Lipinski definition) is 4. The Bertz CT molecular complexity index is 4130. The molecule has 0 saturated heterocycles. The highest BCUT2D eigenvalue weighted by atomic mass is 32.1. The molecule has 14 aromatic rings. The Kier molecular flexibility index (Phi) is 10.7. The first kappa shape index (κ1) is 43.3. The molecule has 0 aliphatic carbocycles. The Morgan fingerprint density at radius 1 is 0.257 bits per heavy atom. The summed E-state index contributed by atoms with van der Waals surface area (Å²) in [5.41, 5.74) is 17.4. The van der Waals surface area contributed by atoms with Crippen LogP contribution in [0.4, 0.5) is 0 Å². The van der Waals surface area contributed by atoms with Crippen molar-refractivity contribution in [1.29, 1.82) is 0 Å². The van der Waals surface area contributed by atoms with Crippen LogP contribution in [0.3, 0.4) is 0 Å². The summed E-state index contributed by atoms with van der Waals surface area (Å²) in [7, 11) is 0. The molecule has 346 valence electrons. The molecule has 3 aromatic heterocycles. The SMILES string of the molecule is c1ccc(-c2cc(-c3ccccc3)cc(-c3nc(-c4cc(-c5ccccc5)cc(-c5ccccc5)c4)nc(-c4cccc5sc6ccc(-c7ccc8c(c7)c7ccccc7n8-c7ccccc7)cc6c45)n3)c2)cc1. The van der Waals surface area contributed by atoms with Gasteiger partial charge >= 0.3 is 0 Å². The molecule has 3 heterocycles. The number of para-hydroxylation sites is 2. The van der Waals surface area contributed by atoms with Crippen LogP contribution in [0.5, 0.6) is 0 Å². The zero-order valence-corrected chi connectivity index (χ0v) is 40.9. The minimum absolute atomic E-state index is 0.603. The zero-order valence-electron chi connectivity index (χ0n) is 40.1. The summed E-state index contributed by atoms with van der Waals surface area (Å²) in [6.07, 6.45) is 0. The number of hydrogen-bond donors (Lipinski definition) is 0. The van der Waals surface area contributed by atoms with Gasteiger partial charge in [-0.1, -0.05) is 182 Å². The van der Waals surface area contributed by atoms with E-state index in [-0.39, 0.29) is 0 Å². The Morgan fingerprint density at radius 3 is 1.23 bits per heavy atom. The topological polar surface area (TPSA) is 43.6 Å². The van der Waals surface area contributed by atoms with E-state index in [1.54, 1.807) is 11.3 Å². The van der Waals surface area contributed by atoms with E-state index in [1.165, 1.54) is 36.6 Å². The Balaban J connectivity index is 0.987. The van der Waals surface area contributed by atoms with Crippen molar-refractivity contribution in [3.8, 4) is 95.5 Å². The highest BCUT2D eigenvalue weighted by Gasteiger charge is 2.21. The van der Waals surface area contributed by atoms with Crippen LogP contribution in [0, 0.1) is 0 Å². The molecule has 0 bridgehead atoms. The predicted molar refractivity (Wildman–Crippen MR) is 311 cm³/mol. The predicted octanol–water partition coefficient (Wildman–Crippen LogP) is 18.7. The average Bonchev–Trinajstić information content (AvgIpc) is 4.05. The van der Waals surface area contributed by atoms with Gasteiger partial charge in [0.2, 0.25) is 0 Å². The van der Waals surface area contributed by atoms with Gasteiger partial charge < -0.3 is 4.57 Å². The Labute approximate surface area is 432 Å². The fourth-order valence-corrected chi connectivity index (χ4v) is 11.8. The van der Waals surface area contributed by atoms with Crippen molar-refractivity contribution >= 4 is 53.3 Å². The minimum atomic E-state index is 0.603. The number of nitrogens with zero attached hydrogens (tertiary/aromatic N) is 4. The average molecular weight is 961 g/mol. The molecule has 0 radical (unpaired) electrons. The number of fused-ring (bicyclic) bond motifs is 6. The van der Waals surface area contributed by atoms with Gasteiger partial charge in [0.25, 0.3) is 0 Å². The van der Waals surface area contributed by atoms with Gasteiger partial charge in [-0.2, -0.15) is 0 Å². The molecule has 11 aromatic carbocycles. The van der Waals surface area contributed by atoms with E-state index in [4.69, 9.17) is 15.0 Å². The van der Waals surface area contributed by atoms with Crippen LogP contribution in [-0.2, 0) is 0 Å². The van der Waals surface area contributed by atoms with Gasteiger partial charge in [-0.15, -0.1) is 11.3 Å². The Morgan fingerprint density at radius 2 is 0.689 bits per heavy atom. The molecule has 0 atom stereocenters. The molecule has 0 fully saturated rings. The van der Waals surface area contributed by atoms with Crippen molar-refractivity contribution in [3.63, 3.8) is 0 Å². The normalized spacial score (nSPS) is 11.5. The van der Waals surface area contributed by atoms with Crippen molar-refractivity contribution in [2.45, 2.75) is 0 Å². The van der Waals surface area contributed by atoms with Gasteiger partial charge in [-0.05, 0) is 141 Å². The summed E-state index contributed by atoms with van der Waals surface area (Å²) in [6, 6.07) is 95.4. The van der Waals surface area contributed by atoms with Gasteiger partial charge in [-0.25, -0.2) is 15.0 Å². The molecule has 4 nitrogen and oxygen atoms in total. The van der Waals surface area contributed by atoms with E-state index in [0.29, 0.717) is 17.5 Å². The third-order valence-electron chi connectivity index (χ3n) is 14.2. The molecule has 74 heavy (non-hydrogen) atoms. The van der Waals surface area contributed by atoms with Crippen LogP contribution >= 0.6 is 11.3 Å². The van der Waals surface area contributed by atoms with E-state index < -0.39 is 0 Å². The molecule has 0 aliphatic rings. The second-order valence-corrected chi connectivity index (χ2v) is 19.9.